The molecule has 0 atom stereocenters. The van der Waals surface area contributed by atoms with E-state index >= 15 is 0 Å². The van der Waals surface area contributed by atoms with Gasteiger partial charge in [-0.2, -0.15) is 5.26 Å². The molecule has 84 heavy (non-hydrogen) atoms. The minimum Gasteiger partial charge on any atom is -0.311 e. The van der Waals surface area contributed by atoms with Crippen molar-refractivity contribution in [1.29, 1.82) is 5.26 Å². The Morgan fingerprint density at radius 2 is 1.06 bits per heavy atom. The van der Waals surface area contributed by atoms with Crippen LogP contribution < -0.4 is 31.1 Å². The summed E-state index contributed by atoms with van der Waals surface area (Å²) in [6.07, 6.45) is 0. The summed E-state index contributed by atoms with van der Waals surface area (Å²) in [6.45, 7) is 17.5. The maximum Gasteiger partial charge on any atom is 0.252 e. The first kappa shape index (κ1) is 28.2. The molecule has 10 aromatic carbocycles. The third-order valence-corrected chi connectivity index (χ3v) is 16.4. The molecule has 0 saturated heterocycles. The van der Waals surface area contributed by atoms with Gasteiger partial charge < -0.3 is 19.3 Å². The number of thiophene rings is 1. The van der Waals surface area contributed by atoms with Gasteiger partial charge in [0.15, 0.2) is 0 Å². The van der Waals surface area contributed by atoms with E-state index in [2.05, 4.69) is 0 Å². The molecule has 5 heterocycles. The quantitative estimate of drug-likeness (QED) is 0.161. The van der Waals surface area contributed by atoms with Gasteiger partial charge in [-0.25, -0.2) is 0 Å². The van der Waals surface area contributed by atoms with Gasteiger partial charge in [-0.15, -0.1) is 11.3 Å². The van der Waals surface area contributed by atoms with E-state index in [0.717, 1.165) is 0 Å². The SMILES string of the molecule is [2H]c1c([2H])c2c3c(c1[2H])-n1c4c([2H])c([2H])c(C(C)(C)C)c([2H])c4c4c([2H])c(C(C)(C)C)c([2H])c(c41)N3c1c([2H])c(C#N)c([2H])c3c1B2c1c([2H])c([2H])c(N(c2c([2H])c([2H])c(C(C)(C)C)c([2H])c2[2H])c2c([2H])c([2H])c(C(C)(C)C)c([2H])c2[2H])c([2H])c1N3c1c([2H])c([2H])c(-c2c([2H])c([2H])c([2H])c3sc4c([2H])c([2H])c([2H])c([2H])c4c23)c([2H])c1[2H]. The fourth-order valence-corrected chi connectivity index (χ4v) is 12.1. The van der Waals surface area contributed by atoms with E-state index < -0.39 is 294 Å². The Morgan fingerprint density at radius 3 is 1.71 bits per heavy atom. The first-order chi connectivity index (χ1) is 53.6. The number of benzene rings is 10. The lowest BCUT2D eigenvalue weighted by Crippen LogP contribution is -2.61. The zero-order valence-corrected chi connectivity index (χ0v) is 48.5. The molecule has 3 aliphatic rings. The fourth-order valence-electron chi connectivity index (χ4n) is 11.1. The average molecular weight is 1140 g/mol. The van der Waals surface area contributed by atoms with Crippen molar-refractivity contribution in [2.45, 2.75) is 105 Å². The summed E-state index contributed by atoms with van der Waals surface area (Å²) in [4.78, 5) is 2.45. The molecule has 5 nitrogen and oxygen atoms in total. The van der Waals surface area contributed by atoms with Crippen molar-refractivity contribution in [3.8, 4) is 22.9 Å². The van der Waals surface area contributed by atoms with Gasteiger partial charge in [-0.3, -0.25) is 0 Å². The summed E-state index contributed by atoms with van der Waals surface area (Å²) in [6, 6.07) is -25.4. The van der Waals surface area contributed by atoms with Gasteiger partial charge >= 0.3 is 0 Å². The van der Waals surface area contributed by atoms with Crippen LogP contribution in [0.25, 0.3) is 58.8 Å². The molecule has 0 radical (unpaired) electrons. The molecule has 0 N–H and O–H groups in total. The molecule has 2 aromatic heterocycles. The molecule has 0 bridgehead atoms. The van der Waals surface area contributed by atoms with Crippen molar-refractivity contribution in [1.82, 2.24) is 4.57 Å². The minimum absolute atomic E-state index is 0.0426. The third-order valence-electron chi connectivity index (χ3n) is 15.4. The summed E-state index contributed by atoms with van der Waals surface area (Å²) in [5.74, 6) is 0. The molecule has 0 spiro atoms. The Hall–Kier alpha value is -8.83. The lowest BCUT2D eigenvalue weighted by Gasteiger charge is -2.46. The van der Waals surface area contributed by atoms with Crippen molar-refractivity contribution in [3.05, 3.63) is 221 Å². The molecule has 15 rings (SSSR count). The molecule has 0 fully saturated rings. The second-order valence-electron chi connectivity index (χ2n) is 25.2. The number of anilines is 9. The highest BCUT2D eigenvalue weighted by atomic mass is 32.1. The van der Waals surface area contributed by atoms with Crippen molar-refractivity contribution in [2.75, 3.05) is 14.7 Å². The second-order valence-corrected chi connectivity index (χ2v) is 26.2. The topological polar surface area (TPSA) is 38.4 Å². The summed E-state index contributed by atoms with van der Waals surface area (Å²) in [5, 5.41) is 10.9. The zero-order valence-electron chi connectivity index (χ0n) is 79.7. The largest absolute Gasteiger partial charge is 0.311 e. The monoisotopic (exact) mass is 1140 g/mol. The third kappa shape index (κ3) is 7.86. The van der Waals surface area contributed by atoms with Crippen LogP contribution >= 0.6 is 11.3 Å². The van der Waals surface area contributed by atoms with E-state index in [1.54, 1.807) is 83.1 Å². The lowest BCUT2D eigenvalue weighted by molar-refractivity contribution is 0.590. The van der Waals surface area contributed by atoms with Crippen molar-refractivity contribution < 1.29 is 43.9 Å². The molecule has 3 aliphatic heterocycles. The Bertz CT molecular complexity index is 6600. The Balaban J connectivity index is 1.21. The predicted molar refractivity (Wildman–Crippen MR) is 361 cm³/mol. The van der Waals surface area contributed by atoms with E-state index in [0.29, 0.717) is 21.1 Å². The van der Waals surface area contributed by atoms with Gasteiger partial charge in [0.1, 0.15) is 0 Å². The summed E-state index contributed by atoms with van der Waals surface area (Å²) in [5.41, 5.74) is -17.4. The van der Waals surface area contributed by atoms with Crippen LogP contribution in [0.1, 0.15) is 155 Å². The van der Waals surface area contributed by atoms with E-state index in [9.17, 15) is 42.3 Å². The maximum atomic E-state index is 11.8. The normalized spacial score (nSPS) is 19.0. The molecule has 0 saturated carbocycles. The number of hydrogen-bond acceptors (Lipinski definition) is 5. The first-order valence-electron chi connectivity index (χ1n) is 43.2. The molecule has 7 heteroatoms. The van der Waals surface area contributed by atoms with Gasteiger partial charge in [0.25, 0.3) is 6.71 Å². The van der Waals surface area contributed by atoms with Crippen LogP contribution in [0.5, 0.6) is 0 Å². The average Bonchev–Trinajstić information content (AvgIpc) is 1.23. The van der Waals surface area contributed by atoms with Crippen LogP contribution in [-0.2, 0) is 21.7 Å². The van der Waals surface area contributed by atoms with Gasteiger partial charge in [0.05, 0.1) is 83.6 Å². The molecule has 12 aromatic rings. The number of nitriles is 1. The molecule has 0 unspecified atom stereocenters. The number of nitrogens with zero attached hydrogens (tertiary/aromatic N) is 5. The van der Waals surface area contributed by atoms with E-state index in [1.807, 2.05) is 6.07 Å². The molecular formula is C77H68BN5S. The molecule has 0 amide bonds. The van der Waals surface area contributed by atoms with Crippen molar-refractivity contribution in [2.24, 2.45) is 0 Å². The minimum atomic E-state index is -2.16. The molecule has 410 valence electrons. The number of rotatable bonds is 5. The zero-order chi connectivity index (χ0) is 85.9. The summed E-state index contributed by atoms with van der Waals surface area (Å²) >= 11 is 0.629. The van der Waals surface area contributed by atoms with Crippen LogP contribution in [0, 0.1) is 11.3 Å². The summed E-state index contributed by atoms with van der Waals surface area (Å²) < 4.78 is 320. The number of fused-ring (bicyclic) bond motifs is 12. The number of para-hydroxylation sites is 1. The van der Waals surface area contributed by atoms with Crippen LogP contribution in [-0.4, -0.2) is 11.3 Å². The Kier molecular flexibility index (Phi) is 6.07. The lowest BCUT2D eigenvalue weighted by atomic mass is 9.33. The highest BCUT2D eigenvalue weighted by molar-refractivity contribution is 7.26. The van der Waals surface area contributed by atoms with E-state index in [4.69, 9.17) is 6.85 Å². The van der Waals surface area contributed by atoms with E-state index in [-0.39, 0.29) is 82.0 Å². The standard InChI is InChI=1S/C77H68BN5S/c1-74(2,3)48-25-32-52(33-26-48)80(53-34-27-49(28-35-53)75(4,5)6)55-36-37-60-64(44-55)81(54-30-23-47(24-31-54)56-18-15-22-69-70(56)57-17-13-14-21-68(57)84-69)65-39-46(45-79)40-66-71(65)78(60)61-19-16-20-63-73(61)83(66)67-43-51(77(10,11)12)42-59-58-41-50(76(7,8)9)29-38-62(58)82(63)72(59)67/h13-44H,1-12H3/i13D,14D,15D,16D,17D,18D,19D,20D,21D,22D,23D,24D,25D,26D,27D,28D,29D,30D,31D,32D,33D,34D,35D,36D,37D,38D,39D,40D,41D,42D,43D,44D. The van der Waals surface area contributed by atoms with Gasteiger partial charge in [-0.1, -0.05) is 174 Å². The fraction of sp³-hybridized carbons (Fsp3) is 0.208. The highest BCUT2D eigenvalue weighted by Gasteiger charge is 2.47. The highest BCUT2D eigenvalue weighted by Crippen LogP contribution is 2.55. The first-order valence-corrected chi connectivity index (χ1v) is 28.0. The molecular weight excluding hydrogens is 1040 g/mol. The van der Waals surface area contributed by atoms with Gasteiger partial charge in [0.2, 0.25) is 0 Å². The van der Waals surface area contributed by atoms with Crippen LogP contribution in [0.3, 0.4) is 0 Å². The van der Waals surface area contributed by atoms with Gasteiger partial charge in [0, 0.05) is 70.8 Å². The number of aromatic nitrogens is 1. The van der Waals surface area contributed by atoms with Crippen LogP contribution in [0.4, 0.5) is 51.2 Å². The van der Waals surface area contributed by atoms with Crippen molar-refractivity contribution >= 4 is 128 Å². The predicted octanol–water partition coefficient (Wildman–Crippen LogP) is 19.7. The van der Waals surface area contributed by atoms with Crippen molar-refractivity contribution in [3.63, 3.8) is 0 Å². The smallest absolute Gasteiger partial charge is 0.252 e. The summed E-state index contributed by atoms with van der Waals surface area (Å²) in [7, 11) is 0. The Labute approximate surface area is 543 Å². The second kappa shape index (κ2) is 18.1. The maximum absolute atomic E-state index is 11.8. The van der Waals surface area contributed by atoms with Crippen LogP contribution in [0.2, 0.25) is 0 Å². The Morgan fingerprint density at radius 1 is 0.464 bits per heavy atom. The van der Waals surface area contributed by atoms with E-state index in [1.165, 1.54) is 9.47 Å². The van der Waals surface area contributed by atoms with Gasteiger partial charge in [-0.05, 0) is 174 Å². The van der Waals surface area contributed by atoms with Crippen LogP contribution in [0.15, 0.2) is 193 Å². The number of hydrogen-bond donors (Lipinski definition) is 0. The molecule has 0 aliphatic carbocycles.